The number of rotatable bonds is 6. The summed E-state index contributed by atoms with van der Waals surface area (Å²) in [6.07, 6.45) is 5.04. The molecule has 4 heteroatoms. The Balaban J connectivity index is 2.65. The topological polar surface area (TPSA) is 52.6 Å². The molecule has 1 fully saturated rings. The van der Waals surface area contributed by atoms with Crippen LogP contribution in [0.3, 0.4) is 0 Å². The predicted octanol–water partition coefficient (Wildman–Crippen LogP) is 1.95. The summed E-state index contributed by atoms with van der Waals surface area (Å²) in [6.45, 7) is 7.25. The van der Waals surface area contributed by atoms with Crippen molar-refractivity contribution in [3.8, 4) is 0 Å². The van der Waals surface area contributed by atoms with Gasteiger partial charge in [-0.2, -0.15) is 0 Å². The van der Waals surface area contributed by atoms with Crippen LogP contribution in [0.25, 0.3) is 0 Å². The molecular weight excluding hydrogens is 228 g/mol. The van der Waals surface area contributed by atoms with Crippen molar-refractivity contribution < 1.29 is 9.90 Å². The fourth-order valence-corrected chi connectivity index (χ4v) is 3.16. The van der Waals surface area contributed by atoms with Crippen molar-refractivity contribution in [2.24, 2.45) is 5.92 Å². The third-order valence-corrected chi connectivity index (χ3v) is 4.24. The van der Waals surface area contributed by atoms with Crippen molar-refractivity contribution >= 4 is 5.97 Å². The number of nitrogens with zero attached hydrogens (tertiary/aromatic N) is 1. The van der Waals surface area contributed by atoms with Crippen LogP contribution in [0.15, 0.2) is 0 Å². The summed E-state index contributed by atoms with van der Waals surface area (Å²) >= 11 is 0. The van der Waals surface area contributed by atoms with Crippen LogP contribution in [0.4, 0.5) is 0 Å². The van der Waals surface area contributed by atoms with E-state index in [1.54, 1.807) is 6.92 Å². The lowest BCUT2D eigenvalue weighted by molar-refractivity contribution is -0.145. The van der Waals surface area contributed by atoms with E-state index in [1.165, 1.54) is 25.7 Å². The fraction of sp³-hybridized carbons (Fsp3) is 0.929. The van der Waals surface area contributed by atoms with Gasteiger partial charge in [0.25, 0.3) is 0 Å². The van der Waals surface area contributed by atoms with Crippen LogP contribution in [-0.4, -0.2) is 47.7 Å². The molecule has 2 N–H and O–H groups in total. The maximum Gasteiger partial charge on any atom is 0.324 e. The zero-order chi connectivity index (χ0) is 13.8. The number of carboxylic acids is 1. The fourth-order valence-electron chi connectivity index (χ4n) is 3.16. The summed E-state index contributed by atoms with van der Waals surface area (Å²) in [5, 5.41) is 12.5. The summed E-state index contributed by atoms with van der Waals surface area (Å²) < 4.78 is 0. The minimum Gasteiger partial charge on any atom is -0.480 e. The molecule has 0 saturated heterocycles. The number of aliphatic carboxylic acids is 1. The lowest BCUT2D eigenvalue weighted by atomic mass is 9.84. The number of hydrogen-bond acceptors (Lipinski definition) is 3. The van der Waals surface area contributed by atoms with Gasteiger partial charge in [0, 0.05) is 12.6 Å². The molecule has 0 aliphatic heterocycles. The monoisotopic (exact) mass is 256 g/mol. The highest BCUT2D eigenvalue weighted by Gasteiger charge is 2.36. The van der Waals surface area contributed by atoms with E-state index in [1.807, 2.05) is 6.92 Å². The predicted molar refractivity (Wildman–Crippen MR) is 73.8 cm³/mol. The molecule has 106 valence electrons. The average Bonchev–Trinajstić information content (AvgIpc) is 2.29. The molecule has 18 heavy (non-hydrogen) atoms. The summed E-state index contributed by atoms with van der Waals surface area (Å²) in [5.41, 5.74) is -0.847. The lowest BCUT2D eigenvalue weighted by Gasteiger charge is -2.40. The van der Waals surface area contributed by atoms with Crippen LogP contribution in [0.5, 0.6) is 0 Å². The van der Waals surface area contributed by atoms with Crippen molar-refractivity contribution in [2.45, 2.75) is 58.0 Å². The minimum atomic E-state index is -0.847. The number of likely N-dealkylation sites (N-methyl/N-ethyl adjacent to an activating group) is 2. The Morgan fingerprint density at radius 3 is 2.56 bits per heavy atom. The number of hydrogen-bond donors (Lipinski definition) is 2. The van der Waals surface area contributed by atoms with E-state index in [0.29, 0.717) is 25.0 Å². The van der Waals surface area contributed by atoms with Gasteiger partial charge in [0.15, 0.2) is 0 Å². The standard InChI is InChI=1S/C14H28N2O2/c1-5-15-14(3,13(17)18)10-16(4)12-9-7-6-8-11(12)2/h11-12,15H,5-10H2,1-4H3,(H,17,18). The first-order valence-electron chi connectivity index (χ1n) is 7.09. The van der Waals surface area contributed by atoms with Gasteiger partial charge in [0.2, 0.25) is 0 Å². The van der Waals surface area contributed by atoms with Gasteiger partial charge in [-0.15, -0.1) is 0 Å². The van der Waals surface area contributed by atoms with Crippen LogP contribution in [0, 0.1) is 5.92 Å². The molecule has 0 heterocycles. The van der Waals surface area contributed by atoms with Crippen LogP contribution in [0.2, 0.25) is 0 Å². The van der Waals surface area contributed by atoms with Gasteiger partial charge in [-0.1, -0.05) is 26.7 Å². The molecule has 3 atom stereocenters. The zero-order valence-electron chi connectivity index (χ0n) is 12.2. The molecule has 0 amide bonds. The van der Waals surface area contributed by atoms with E-state index in [4.69, 9.17) is 0 Å². The van der Waals surface area contributed by atoms with Gasteiger partial charge in [-0.3, -0.25) is 4.79 Å². The molecule has 0 aromatic heterocycles. The average molecular weight is 256 g/mol. The van der Waals surface area contributed by atoms with Gasteiger partial charge >= 0.3 is 5.97 Å². The quantitative estimate of drug-likeness (QED) is 0.762. The first-order chi connectivity index (χ1) is 8.40. The molecule has 0 bridgehead atoms. The zero-order valence-corrected chi connectivity index (χ0v) is 12.2. The van der Waals surface area contributed by atoms with E-state index < -0.39 is 11.5 Å². The Morgan fingerprint density at radius 1 is 1.44 bits per heavy atom. The van der Waals surface area contributed by atoms with Gasteiger partial charge in [0.05, 0.1) is 0 Å². The Labute approximate surface area is 111 Å². The van der Waals surface area contributed by atoms with Gasteiger partial charge < -0.3 is 15.3 Å². The molecular formula is C14H28N2O2. The summed E-state index contributed by atoms with van der Waals surface area (Å²) in [4.78, 5) is 13.7. The highest BCUT2D eigenvalue weighted by atomic mass is 16.4. The van der Waals surface area contributed by atoms with Crippen molar-refractivity contribution in [3.63, 3.8) is 0 Å². The molecule has 0 aromatic rings. The SMILES string of the molecule is CCNC(C)(CN(C)C1CCCCC1C)C(=O)O. The molecule has 4 nitrogen and oxygen atoms in total. The molecule has 1 saturated carbocycles. The molecule has 1 aliphatic rings. The first-order valence-corrected chi connectivity index (χ1v) is 7.09. The molecule has 1 rings (SSSR count). The second-order valence-electron chi connectivity index (χ2n) is 5.91. The van der Waals surface area contributed by atoms with Crippen LogP contribution >= 0.6 is 0 Å². The van der Waals surface area contributed by atoms with Crippen molar-refractivity contribution in [2.75, 3.05) is 20.1 Å². The number of carboxylic acid groups (broad SMARTS) is 1. The maximum absolute atomic E-state index is 11.4. The van der Waals surface area contributed by atoms with Crippen LogP contribution in [0.1, 0.15) is 46.5 Å². The van der Waals surface area contributed by atoms with Gasteiger partial charge in [-0.05, 0) is 39.3 Å². The van der Waals surface area contributed by atoms with Gasteiger partial charge in [0.1, 0.15) is 5.54 Å². The maximum atomic E-state index is 11.4. The second kappa shape index (κ2) is 6.53. The Morgan fingerprint density at radius 2 is 2.06 bits per heavy atom. The van der Waals surface area contributed by atoms with Gasteiger partial charge in [-0.25, -0.2) is 0 Å². The molecule has 0 aromatic carbocycles. The molecule has 3 unspecified atom stereocenters. The normalized spacial score (nSPS) is 28.1. The third-order valence-electron chi connectivity index (χ3n) is 4.24. The smallest absolute Gasteiger partial charge is 0.324 e. The van der Waals surface area contributed by atoms with Crippen molar-refractivity contribution in [3.05, 3.63) is 0 Å². The summed E-state index contributed by atoms with van der Waals surface area (Å²) in [6, 6.07) is 0.524. The third kappa shape index (κ3) is 3.69. The number of nitrogens with one attached hydrogen (secondary N) is 1. The van der Waals surface area contributed by atoms with Crippen LogP contribution in [-0.2, 0) is 4.79 Å². The molecule has 1 aliphatic carbocycles. The number of carbonyl (C=O) groups is 1. The van der Waals surface area contributed by atoms with Crippen LogP contribution < -0.4 is 5.32 Å². The Kier molecular flexibility index (Phi) is 5.60. The molecule has 0 spiro atoms. The largest absolute Gasteiger partial charge is 0.480 e. The highest BCUT2D eigenvalue weighted by Crippen LogP contribution is 2.28. The summed E-state index contributed by atoms with van der Waals surface area (Å²) in [7, 11) is 2.06. The summed E-state index contributed by atoms with van der Waals surface area (Å²) in [5.74, 6) is -0.0944. The first kappa shape index (κ1) is 15.4. The molecule has 0 radical (unpaired) electrons. The van der Waals surface area contributed by atoms with Crippen molar-refractivity contribution in [1.29, 1.82) is 0 Å². The van der Waals surface area contributed by atoms with E-state index in [9.17, 15) is 9.90 Å². The van der Waals surface area contributed by atoms with E-state index >= 15 is 0 Å². The Bertz CT molecular complexity index is 283. The van der Waals surface area contributed by atoms with E-state index in [2.05, 4.69) is 24.2 Å². The van der Waals surface area contributed by atoms with E-state index in [0.717, 1.165) is 0 Å². The lowest BCUT2D eigenvalue weighted by Crippen LogP contribution is -2.58. The van der Waals surface area contributed by atoms with E-state index in [-0.39, 0.29) is 0 Å². The highest BCUT2D eigenvalue weighted by molar-refractivity contribution is 5.78. The second-order valence-corrected chi connectivity index (χ2v) is 5.91. The Hall–Kier alpha value is -0.610. The minimum absolute atomic E-state index is 0.524. The van der Waals surface area contributed by atoms with Crippen molar-refractivity contribution in [1.82, 2.24) is 10.2 Å².